The van der Waals surface area contributed by atoms with Crippen LogP contribution in [0.5, 0.6) is 0 Å². The maximum absolute atomic E-state index is 12.3. The van der Waals surface area contributed by atoms with Crippen molar-refractivity contribution in [3.05, 3.63) is 34.9 Å². The SMILES string of the molecule is CC(C)(C)C(=O)N1CCC(C(=O)NCc2ccccc2Cl)CC1. The highest BCUT2D eigenvalue weighted by atomic mass is 35.5. The number of nitrogens with one attached hydrogen (secondary N) is 1. The first-order valence-corrected chi connectivity index (χ1v) is 8.47. The molecule has 0 radical (unpaired) electrons. The van der Waals surface area contributed by atoms with Gasteiger partial charge in [-0.05, 0) is 24.5 Å². The van der Waals surface area contributed by atoms with Gasteiger partial charge in [-0.3, -0.25) is 9.59 Å². The number of benzene rings is 1. The number of nitrogens with zero attached hydrogens (tertiary/aromatic N) is 1. The summed E-state index contributed by atoms with van der Waals surface area (Å²) >= 11 is 6.09. The van der Waals surface area contributed by atoms with E-state index in [1.54, 1.807) is 0 Å². The van der Waals surface area contributed by atoms with Crippen LogP contribution < -0.4 is 5.32 Å². The Kier molecular flexibility index (Phi) is 5.69. The van der Waals surface area contributed by atoms with E-state index in [0.29, 0.717) is 24.7 Å². The molecule has 0 aromatic heterocycles. The molecule has 5 heteroatoms. The van der Waals surface area contributed by atoms with Gasteiger partial charge in [0.05, 0.1) is 0 Å². The standard InChI is InChI=1S/C18H25ClN2O2/c1-18(2,3)17(23)21-10-8-13(9-11-21)16(22)20-12-14-6-4-5-7-15(14)19/h4-7,13H,8-12H2,1-3H3,(H,20,22). The summed E-state index contributed by atoms with van der Waals surface area (Å²) in [6.45, 7) is 7.54. The summed E-state index contributed by atoms with van der Waals surface area (Å²) in [5.74, 6) is 0.182. The fourth-order valence-corrected chi connectivity index (χ4v) is 2.99. The number of carbonyl (C=O) groups excluding carboxylic acids is 2. The topological polar surface area (TPSA) is 49.4 Å². The van der Waals surface area contributed by atoms with E-state index in [9.17, 15) is 9.59 Å². The Morgan fingerprint density at radius 2 is 1.83 bits per heavy atom. The van der Waals surface area contributed by atoms with Crippen molar-refractivity contribution in [2.45, 2.75) is 40.2 Å². The molecular formula is C18H25ClN2O2. The quantitative estimate of drug-likeness (QED) is 0.921. The highest BCUT2D eigenvalue weighted by Crippen LogP contribution is 2.24. The van der Waals surface area contributed by atoms with Crippen LogP contribution in [0.2, 0.25) is 5.02 Å². The van der Waals surface area contributed by atoms with Crippen LogP contribution in [0, 0.1) is 11.3 Å². The number of halogens is 1. The van der Waals surface area contributed by atoms with Crippen molar-refractivity contribution in [2.75, 3.05) is 13.1 Å². The van der Waals surface area contributed by atoms with E-state index in [-0.39, 0.29) is 23.1 Å². The lowest BCUT2D eigenvalue weighted by atomic mass is 9.90. The molecule has 0 unspecified atom stereocenters. The number of amides is 2. The van der Waals surface area contributed by atoms with Gasteiger partial charge in [0, 0.05) is 36.0 Å². The predicted octanol–water partition coefficient (Wildman–Crippen LogP) is 3.24. The van der Waals surface area contributed by atoms with Crippen LogP contribution >= 0.6 is 11.6 Å². The summed E-state index contributed by atoms with van der Waals surface area (Å²) in [5.41, 5.74) is 0.557. The van der Waals surface area contributed by atoms with Crippen LogP contribution in [0.4, 0.5) is 0 Å². The first kappa shape index (κ1) is 17.8. The van der Waals surface area contributed by atoms with E-state index >= 15 is 0 Å². The molecule has 1 heterocycles. The third-order valence-corrected chi connectivity index (χ3v) is 4.57. The molecule has 2 rings (SSSR count). The molecule has 1 aliphatic heterocycles. The van der Waals surface area contributed by atoms with Gasteiger partial charge in [0.2, 0.25) is 11.8 Å². The van der Waals surface area contributed by atoms with Crippen LogP contribution in [0.25, 0.3) is 0 Å². The normalized spacial score (nSPS) is 16.3. The predicted molar refractivity (Wildman–Crippen MR) is 92.1 cm³/mol. The summed E-state index contributed by atoms with van der Waals surface area (Å²) < 4.78 is 0. The summed E-state index contributed by atoms with van der Waals surface area (Å²) in [6, 6.07) is 7.51. The molecule has 1 aromatic rings. The van der Waals surface area contributed by atoms with Crippen molar-refractivity contribution in [3.63, 3.8) is 0 Å². The second-order valence-electron chi connectivity index (χ2n) is 7.13. The average Bonchev–Trinajstić information content (AvgIpc) is 2.52. The molecule has 2 amide bonds. The second-order valence-corrected chi connectivity index (χ2v) is 7.53. The number of carbonyl (C=O) groups is 2. The Morgan fingerprint density at radius 3 is 2.39 bits per heavy atom. The lowest BCUT2D eigenvalue weighted by molar-refractivity contribution is -0.142. The molecule has 1 aromatic carbocycles. The van der Waals surface area contributed by atoms with Crippen molar-refractivity contribution in [2.24, 2.45) is 11.3 Å². The van der Waals surface area contributed by atoms with E-state index in [2.05, 4.69) is 5.32 Å². The van der Waals surface area contributed by atoms with E-state index in [0.717, 1.165) is 18.4 Å². The van der Waals surface area contributed by atoms with E-state index in [4.69, 9.17) is 11.6 Å². The van der Waals surface area contributed by atoms with Gasteiger partial charge < -0.3 is 10.2 Å². The van der Waals surface area contributed by atoms with Gasteiger partial charge in [-0.2, -0.15) is 0 Å². The van der Waals surface area contributed by atoms with Crippen molar-refractivity contribution < 1.29 is 9.59 Å². The molecule has 1 N–H and O–H groups in total. The summed E-state index contributed by atoms with van der Waals surface area (Å²) in [6.07, 6.45) is 1.44. The molecule has 0 aliphatic carbocycles. The molecule has 126 valence electrons. The first-order valence-electron chi connectivity index (χ1n) is 8.09. The lowest BCUT2D eigenvalue weighted by Crippen LogP contribution is -2.46. The van der Waals surface area contributed by atoms with Gasteiger partial charge in [0.1, 0.15) is 0 Å². The van der Waals surface area contributed by atoms with Crippen molar-refractivity contribution >= 4 is 23.4 Å². The Bertz CT molecular complexity index is 573. The molecule has 1 fully saturated rings. The minimum Gasteiger partial charge on any atom is -0.352 e. The summed E-state index contributed by atoms with van der Waals surface area (Å²) in [7, 11) is 0. The summed E-state index contributed by atoms with van der Waals surface area (Å²) in [4.78, 5) is 26.4. The fraction of sp³-hybridized carbons (Fsp3) is 0.556. The average molecular weight is 337 g/mol. The molecule has 0 saturated carbocycles. The molecule has 23 heavy (non-hydrogen) atoms. The van der Waals surface area contributed by atoms with E-state index < -0.39 is 0 Å². The molecule has 4 nitrogen and oxygen atoms in total. The first-order chi connectivity index (χ1) is 10.8. The second kappa shape index (κ2) is 7.35. The van der Waals surface area contributed by atoms with Crippen molar-refractivity contribution in [1.29, 1.82) is 0 Å². The lowest BCUT2D eigenvalue weighted by Gasteiger charge is -2.35. The molecule has 0 spiro atoms. The zero-order valence-electron chi connectivity index (χ0n) is 14.1. The van der Waals surface area contributed by atoms with Crippen LogP contribution in [0.1, 0.15) is 39.2 Å². The van der Waals surface area contributed by atoms with Gasteiger partial charge in [-0.1, -0.05) is 50.6 Å². The molecule has 1 saturated heterocycles. The maximum atomic E-state index is 12.3. The molecule has 0 bridgehead atoms. The van der Waals surface area contributed by atoms with E-state index in [1.165, 1.54) is 0 Å². The highest BCUT2D eigenvalue weighted by Gasteiger charge is 2.32. The Morgan fingerprint density at radius 1 is 1.22 bits per heavy atom. The van der Waals surface area contributed by atoms with Crippen molar-refractivity contribution in [1.82, 2.24) is 10.2 Å². The number of hydrogen-bond donors (Lipinski definition) is 1. The van der Waals surface area contributed by atoms with Gasteiger partial charge in [0.15, 0.2) is 0 Å². The van der Waals surface area contributed by atoms with Crippen LogP contribution in [0.3, 0.4) is 0 Å². The minimum atomic E-state index is -0.362. The van der Waals surface area contributed by atoms with Crippen LogP contribution in [-0.2, 0) is 16.1 Å². The third kappa shape index (κ3) is 4.71. The smallest absolute Gasteiger partial charge is 0.227 e. The third-order valence-electron chi connectivity index (χ3n) is 4.21. The van der Waals surface area contributed by atoms with Gasteiger partial charge >= 0.3 is 0 Å². The Labute approximate surface area is 143 Å². The zero-order chi connectivity index (χ0) is 17.0. The zero-order valence-corrected chi connectivity index (χ0v) is 14.8. The molecule has 1 aliphatic rings. The molecular weight excluding hydrogens is 312 g/mol. The summed E-state index contributed by atoms with van der Waals surface area (Å²) in [5, 5.41) is 3.62. The fourth-order valence-electron chi connectivity index (χ4n) is 2.79. The minimum absolute atomic E-state index is 0.0264. The number of hydrogen-bond acceptors (Lipinski definition) is 2. The van der Waals surface area contributed by atoms with Crippen molar-refractivity contribution in [3.8, 4) is 0 Å². The monoisotopic (exact) mass is 336 g/mol. The number of likely N-dealkylation sites (tertiary alicyclic amines) is 1. The largest absolute Gasteiger partial charge is 0.352 e. The van der Waals surface area contributed by atoms with Gasteiger partial charge in [-0.15, -0.1) is 0 Å². The maximum Gasteiger partial charge on any atom is 0.227 e. The van der Waals surface area contributed by atoms with Gasteiger partial charge in [0.25, 0.3) is 0 Å². The Balaban J connectivity index is 1.82. The highest BCUT2D eigenvalue weighted by molar-refractivity contribution is 6.31. The van der Waals surface area contributed by atoms with E-state index in [1.807, 2.05) is 49.9 Å². The Hall–Kier alpha value is -1.55. The molecule has 0 atom stereocenters. The number of piperidine rings is 1. The van der Waals surface area contributed by atoms with Crippen LogP contribution in [0.15, 0.2) is 24.3 Å². The van der Waals surface area contributed by atoms with Gasteiger partial charge in [-0.25, -0.2) is 0 Å². The number of rotatable bonds is 3. The van der Waals surface area contributed by atoms with Crippen LogP contribution in [-0.4, -0.2) is 29.8 Å².